The molecule has 22 heavy (non-hydrogen) atoms. The molecule has 1 aliphatic rings. The van der Waals surface area contributed by atoms with E-state index in [-0.39, 0.29) is 18.9 Å². The van der Waals surface area contributed by atoms with Gasteiger partial charge in [0.05, 0.1) is 12.5 Å². The molecule has 3 rings (SSSR count). The number of carbonyl (C=O) groups is 2. The summed E-state index contributed by atoms with van der Waals surface area (Å²) >= 11 is 0. The van der Waals surface area contributed by atoms with E-state index < -0.39 is 11.9 Å². The molecule has 0 spiro atoms. The number of hydrogen-bond donors (Lipinski definition) is 1. The number of aryl methyl sites for hydroxylation is 1. The summed E-state index contributed by atoms with van der Waals surface area (Å²) in [7, 11) is 0. The van der Waals surface area contributed by atoms with E-state index in [9.17, 15) is 9.59 Å². The van der Waals surface area contributed by atoms with Crippen LogP contribution in [0.3, 0.4) is 0 Å². The largest absolute Gasteiger partial charge is 0.481 e. The molecule has 1 saturated heterocycles. The quantitative estimate of drug-likeness (QED) is 0.896. The fourth-order valence-corrected chi connectivity index (χ4v) is 2.43. The first-order valence-corrected chi connectivity index (χ1v) is 7.00. The molecule has 8 heteroatoms. The smallest absolute Gasteiger partial charge is 0.308 e. The number of rotatable bonds is 4. The summed E-state index contributed by atoms with van der Waals surface area (Å²) in [5, 5.41) is 21.2. The Morgan fingerprint density at radius 2 is 2.27 bits per heavy atom. The lowest BCUT2D eigenvalue weighted by Gasteiger charge is -2.16. The number of aliphatic carboxylic acids is 1. The summed E-state index contributed by atoms with van der Waals surface area (Å²) in [6, 6.07) is 7.17. The van der Waals surface area contributed by atoms with Crippen molar-refractivity contribution in [2.45, 2.75) is 19.9 Å². The van der Waals surface area contributed by atoms with Gasteiger partial charge in [-0.1, -0.05) is 12.1 Å². The minimum atomic E-state index is -0.945. The minimum absolute atomic E-state index is 0.0316. The Labute approximate surface area is 126 Å². The van der Waals surface area contributed by atoms with Crippen molar-refractivity contribution in [2.75, 3.05) is 11.4 Å². The van der Waals surface area contributed by atoms with Crippen molar-refractivity contribution in [1.29, 1.82) is 0 Å². The number of aromatic nitrogens is 4. The number of benzene rings is 1. The van der Waals surface area contributed by atoms with Crippen LogP contribution in [0.25, 0.3) is 11.4 Å². The molecular formula is C14H15N5O3. The standard InChI is InChI=1S/C14H15N5O3/c1-2-19-16-13(15-17-19)9-4-3-5-11(6-9)18-8-10(14(21)22)7-12(18)20/h3-6,10H,2,7-8H2,1H3,(H,21,22)/t10-/m0/s1. The van der Waals surface area contributed by atoms with Crippen LogP contribution in [0.2, 0.25) is 0 Å². The molecule has 1 aliphatic heterocycles. The molecule has 1 aromatic heterocycles. The SMILES string of the molecule is CCn1nnc(-c2cccc(N3C[C@@H](C(=O)O)CC3=O)c2)n1. The maximum absolute atomic E-state index is 12.0. The maximum Gasteiger partial charge on any atom is 0.308 e. The van der Waals surface area contributed by atoms with Crippen LogP contribution in [0.5, 0.6) is 0 Å². The molecule has 114 valence electrons. The lowest BCUT2D eigenvalue weighted by molar-refractivity contribution is -0.141. The van der Waals surface area contributed by atoms with Crippen molar-refractivity contribution in [1.82, 2.24) is 20.2 Å². The van der Waals surface area contributed by atoms with Crippen molar-refractivity contribution in [2.24, 2.45) is 5.92 Å². The fraction of sp³-hybridized carbons (Fsp3) is 0.357. The van der Waals surface area contributed by atoms with Crippen LogP contribution in [0, 0.1) is 5.92 Å². The zero-order valence-electron chi connectivity index (χ0n) is 12.0. The van der Waals surface area contributed by atoms with Crippen LogP contribution in [-0.4, -0.2) is 43.7 Å². The number of carboxylic acids is 1. The molecule has 0 unspecified atom stereocenters. The lowest BCUT2D eigenvalue weighted by Crippen LogP contribution is -2.25. The van der Waals surface area contributed by atoms with Crippen LogP contribution >= 0.6 is 0 Å². The topological polar surface area (TPSA) is 101 Å². The summed E-state index contributed by atoms with van der Waals surface area (Å²) < 4.78 is 0. The third-order valence-corrected chi connectivity index (χ3v) is 3.63. The zero-order valence-corrected chi connectivity index (χ0v) is 12.0. The fourth-order valence-electron chi connectivity index (χ4n) is 2.43. The monoisotopic (exact) mass is 301 g/mol. The van der Waals surface area contributed by atoms with Crippen LogP contribution in [-0.2, 0) is 16.1 Å². The molecule has 1 N–H and O–H groups in total. The van der Waals surface area contributed by atoms with E-state index in [1.165, 1.54) is 9.70 Å². The van der Waals surface area contributed by atoms with E-state index in [1.807, 2.05) is 13.0 Å². The van der Waals surface area contributed by atoms with Crippen molar-refractivity contribution in [3.05, 3.63) is 24.3 Å². The molecule has 2 heterocycles. The van der Waals surface area contributed by atoms with E-state index in [2.05, 4.69) is 15.4 Å². The Morgan fingerprint density at radius 1 is 1.45 bits per heavy atom. The van der Waals surface area contributed by atoms with Crippen LogP contribution in [0.1, 0.15) is 13.3 Å². The first-order valence-electron chi connectivity index (χ1n) is 7.00. The van der Waals surface area contributed by atoms with Crippen molar-refractivity contribution in [3.8, 4) is 11.4 Å². The Balaban J connectivity index is 1.88. The molecule has 0 aliphatic carbocycles. The van der Waals surface area contributed by atoms with Gasteiger partial charge in [0.1, 0.15) is 0 Å². The molecule has 8 nitrogen and oxygen atoms in total. The molecule has 1 fully saturated rings. The average molecular weight is 301 g/mol. The number of anilines is 1. The molecule has 0 radical (unpaired) electrons. The summed E-state index contributed by atoms with van der Waals surface area (Å²) in [6.45, 7) is 2.72. The van der Waals surface area contributed by atoms with Crippen molar-refractivity contribution < 1.29 is 14.7 Å². The number of tetrazole rings is 1. The molecular weight excluding hydrogens is 286 g/mol. The Bertz CT molecular complexity index is 727. The molecule has 1 aromatic carbocycles. The van der Waals surface area contributed by atoms with Gasteiger partial charge in [-0.2, -0.15) is 4.80 Å². The van der Waals surface area contributed by atoms with Gasteiger partial charge in [-0.05, 0) is 24.3 Å². The van der Waals surface area contributed by atoms with Crippen LogP contribution in [0.15, 0.2) is 24.3 Å². The normalized spacial score (nSPS) is 18.0. The van der Waals surface area contributed by atoms with Gasteiger partial charge >= 0.3 is 5.97 Å². The first kappa shape index (κ1) is 14.2. The van der Waals surface area contributed by atoms with E-state index in [4.69, 9.17) is 5.11 Å². The number of nitrogens with zero attached hydrogens (tertiary/aromatic N) is 5. The summed E-state index contributed by atoms with van der Waals surface area (Å²) in [5.74, 6) is -1.31. The Hall–Kier alpha value is -2.77. The molecule has 2 aromatic rings. The average Bonchev–Trinajstić information content (AvgIpc) is 3.14. The number of carbonyl (C=O) groups excluding carboxylic acids is 1. The van der Waals surface area contributed by atoms with Gasteiger partial charge in [-0.25, -0.2) is 0 Å². The highest BCUT2D eigenvalue weighted by Crippen LogP contribution is 2.28. The number of carboxylic acid groups (broad SMARTS) is 1. The van der Waals surface area contributed by atoms with Crippen LogP contribution in [0.4, 0.5) is 5.69 Å². The second-order valence-corrected chi connectivity index (χ2v) is 5.10. The molecule has 1 amide bonds. The van der Waals surface area contributed by atoms with Gasteiger partial charge in [0, 0.05) is 24.2 Å². The summed E-state index contributed by atoms with van der Waals surface area (Å²) in [5.41, 5.74) is 1.39. The lowest BCUT2D eigenvalue weighted by atomic mass is 10.1. The highest BCUT2D eigenvalue weighted by Gasteiger charge is 2.35. The van der Waals surface area contributed by atoms with E-state index in [0.29, 0.717) is 18.1 Å². The number of amides is 1. The third-order valence-electron chi connectivity index (χ3n) is 3.63. The first-order chi connectivity index (χ1) is 10.6. The van der Waals surface area contributed by atoms with Gasteiger partial charge in [-0.3, -0.25) is 9.59 Å². The van der Waals surface area contributed by atoms with Gasteiger partial charge in [0.25, 0.3) is 0 Å². The van der Waals surface area contributed by atoms with Crippen molar-refractivity contribution >= 4 is 17.6 Å². The van der Waals surface area contributed by atoms with E-state index >= 15 is 0 Å². The van der Waals surface area contributed by atoms with Gasteiger partial charge in [0.2, 0.25) is 11.7 Å². The number of hydrogen-bond acceptors (Lipinski definition) is 5. The summed E-state index contributed by atoms with van der Waals surface area (Å²) in [4.78, 5) is 26.0. The maximum atomic E-state index is 12.0. The van der Waals surface area contributed by atoms with Gasteiger partial charge in [-0.15, -0.1) is 10.2 Å². The molecule has 0 saturated carbocycles. The van der Waals surface area contributed by atoms with Gasteiger partial charge < -0.3 is 10.0 Å². The predicted octanol–water partition coefficient (Wildman–Crippen LogP) is 0.798. The van der Waals surface area contributed by atoms with Crippen molar-refractivity contribution in [3.63, 3.8) is 0 Å². The third kappa shape index (κ3) is 2.54. The highest BCUT2D eigenvalue weighted by molar-refractivity contribution is 5.99. The Kier molecular flexibility index (Phi) is 3.58. The van der Waals surface area contributed by atoms with E-state index in [0.717, 1.165) is 5.56 Å². The second kappa shape index (κ2) is 5.55. The Morgan fingerprint density at radius 3 is 2.91 bits per heavy atom. The highest BCUT2D eigenvalue weighted by atomic mass is 16.4. The van der Waals surface area contributed by atoms with E-state index in [1.54, 1.807) is 18.2 Å². The molecule has 0 bridgehead atoms. The zero-order chi connectivity index (χ0) is 15.7. The summed E-state index contributed by atoms with van der Waals surface area (Å²) in [6.07, 6.45) is 0.0316. The minimum Gasteiger partial charge on any atom is -0.481 e. The van der Waals surface area contributed by atoms with Gasteiger partial charge in [0.15, 0.2) is 0 Å². The molecule has 1 atom stereocenters. The van der Waals surface area contributed by atoms with Crippen LogP contribution < -0.4 is 4.90 Å². The second-order valence-electron chi connectivity index (χ2n) is 5.10. The predicted molar refractivity (Wildman–Crippen MR) is 77.0 cm³/mol.